The van der Waals surface area contributed by atoms with Gasteiger partial charge in [0.05, 0.1) is 29.0 Å². The van der Waals surface area contributed by atoms with Crippen molar-refractivity contribution in [2.75, 3.05) is 25.0 Å². The van der Waals surface area contributed by atoms with Gasteiger partial charge in [-0.1, -0.05) is 31.5 Å². The predicted molar refractivity (Wildman–Crippen MR) is 87.5 cm³/mol. The molecule has 2 aromatic rings. The summed E-state index contributed by atoms with van der Waals surface area (Å²) in [7, 11) is 1.80. The van der Waals surface area contributed by atoms with Gasteiger partial charge in [0.2, 0.25) is 5.96 Å². The highest BCUT2D eigenvalue weighted by Crippen LogP contribution is 2.37. The summed E-state index contributed by atoms with van der Waals surface area (Å²) in [4.78, 5) is 26.1. The molecule has 112 valence electrons. The van der Waals surface area contributed by atoms with E-state index in [-0.39, 0.29) is 5.91 Å². The first-order valence-electron chi connectivity index (χ1n) is 7.74. The zero-order valence-corrected chi connectivity index (χ0v) is 12.8. The molecule has 1 aromatic heterocycles. The molecule has 22 heavy (non-hydrogen) atoms. The molecule has 0 N–H and O–H groups in total. The molecule has 4 rings (SSSR count). The van der Waals surface area contributed by atoms with Crippen LogP contribution >= 0.6 is 0 Å². The number of benzene rings is 1. The van der Waals surface area contributed by atoms with Crippen LogP contribution < -0.4 is 4.90 Å². The van der Waals surface area contributed by atoms with Gasteiger partial charge in [-0.05, 0) is 12.5 Å². The Morgan fingerprint density at radius 1 is 1.27 bits per heavy atom. The van der Waals surface area contributed by atoms with Gasteiger partial charge in [0.1, 0.15) is 0 Å². The van der Waals surface area contributed by atoms with Crippen LogP contribution in [0.4, 0.5) is 5.69 Å². The Labute approximate surface area is 129 Å². The number of hydrogen-bond acceptors (Lipinski definition) is 4. The van der Waals surface area contributed by atoms with Crippen LogP contribution in [-0.4, -0.2) is 41.9 Å². The quantitative estimate of drug-likeness (QED) is 0.855. The molecule has 1 aromatic carbocycles. The van der Waals surface area contributed by atoms with Gasteiger partial charge >= 0.3 is 0 Å². The van der Waals surface area contributed by atoms with Gasteiger partial charge in [0, 0.05) is 19.0 Å². The van der Waals surface area contributed by atoms with Crippen LogP contribution in [0.15, 0.2) is 29.3 Å². The Bertz CT molecular complexity index is 812. The Hall–Kier alpha value is -2.43. The molecule has 0 spiro atoms. The number of pyridine rings is 1. The number of fused-ring (bicyclic) bond motifs is 5. The second-order valence-electron chi connectivity index (χ2n) is 5.75. The number of aryl methyl sites for hydroxylation is 1. The van der Waals surface area contributed by atoms with E-state index in [0.29, 0.717) is 0 Å². The molecule has 5 heteroatoms. The van der Waals surface area contributed by atoms with Crippen LogP contribution in [0.2, 0.25) is 0 Å². The number of nitrogens with zero attached hydrogens (tertiary/aromatic N) is 4. The average molecular weight is 294 g/mol. The predicted octanol–water partition coefficient (Wildman–Crippen LogP) is 2.45. The van der Waals surface area contributed by atoms with E-state index in [1.807, 2.05) is 24.3 Å². The Kier molecular flexibility index (Phi) is 2.89. The van der Waals surface area contributed by atoms with Gasteiger partial charge < -0.3 is 4.90 Å². The first kappa shape index (κ1) is 13.2. The number of guanidine groups is 1. The minimum atomic E-state index is 0.0165. The van der Waals surface area contributed by atoms with E-state index in [2.05, 4.69) is 16.8 Å². The number of anilines is 1. The summed E-state index contributed by atoms with van der Waals surface area (Å²) >= 11 is 0. The number of amides is 1. The fraction of sp³-hybridized carbons (Fsp3) is 0.353. The lowest BCUT2D eigenvalue weighted by Crippen LogP contribution is -2.48. The third kappa shape index (κ3) is 1.68. The number of para-hydroxylation sites is 1. The molecule has 0 fully saturated rings. The first-order chi connectivity index (χ1) is 10.7. The molecule has 0 atom stereocenters. The van der Waals surface area contributed by atoms with Crippen LogP contribution in [0.1, 0.15) is 29.4 Å². The maximum absolute atomic E-state index is 12.9. The minimum Gasteiger partial charge on any atom is -0.308 e. The molecule has 0 radical (unpaired) electrons. The molecular weight excluding hydrogens is 276 g/mol. The number of rotatable bonds is 2. The van der Waals surface area contributed by atoms with Crippen LogP contribution in [-0.2, 0) is 6.42 Å². The Morgan fingerprint density at radius 3 is 2.91 bits per heavy atom. The van der Waals surface area contributed by atoms with Crippen molar-refractivity contribution in [2.24, 2.45) is 4.99 Å². The van der Waals surface area contributed by atoms with Gasteiger partial charge in [-0.3, -0.25) is 19.7 Å². The van der Waals surface area contributed by atoms with Crippen LogP contribution in [0.5, 0.6) is 0 Å². The summed E-state index contributed by atoms with van der Waals surface area (Å²) in [5, 5.41) is 0.931. The van der Waals surface area contributed by atoms with Gasteiger partial charge in [0.25, 0.3) is 5.91 Å². The van der Waals surface area contributed by atoms with E-state index in [1.54, 1.807) is 11.9 Å². The maximum Gasteiger partial charge on any atom is 0.263 e. The number of carbonyl (C=O) groups excluding carboxylic acids is 1. The second-order valence-corrected chi connectivity index (χ2v) is 5.75. The monoisotopic (exact) mass is 294 g/mol. The van der Waals surface area contributed by atoms with Crippen molar-refractivity contribution < 1.29 is 4.79 Å². The second kappa shape index (κ2) is 4.80. The van der Waals surface area contributed by atoms with Gasteiger partial charge in [-0.2, -0.15) is 0 Å². The highest BCUT2D eigenvalue weighted by atomic mass is 16.2. The first-order valence-corrected chi connectivity index (χ1v) is 7.74. The van der Waals surface area contributed by atoms with E-state index >= 15 is 0 Å². The summed E-state index contributed by atoms with van der Waals surface area (Å²) in [6.07, 6.45) is 1.87. The topological polar surface area (TPSA) is 48.8 Å². The van der Waals surface area contributed by atoms with Crippen molar-refractivity contribution in [3.63, 3.8) is 0 Å². The summed E-state index contributed by atoms with van der Waals surface area (Å²) in [5.74, 6) is 0.773. The summed E-state index contributed by atoms with van der Waals surface area (Å²) in [5.41, 5.74) is 3.65. The normalized spacial score (nSPS) is 16.8. The number of aromatic nitrogens is 1. The Morgan fingerprint density at radius 2 is 2.09 bits per heavy atom. The third-order valence-electron chi connectivity index (χ3n) is 4.33. The smallest absolute Gasteiger partial charge is 0.263 e. The number of hydrogen-bond donors (Lipinski definition) is 0. The van der Waals surface area contributed by atoms with E-state index < -0.39 is 0 Å². The Balaban J connectivity index is 2.09. The molecule has 1 amide bonds. The lowest BCUT2D eigenvalue weighted by molar-refractivity contribution is 0.0867. The number of carbonyl (C=O) groups is 1. The molecule has 0 unspecified atom stereocenters. The lowest BCUT2D eigenvalue weighted by Gasteiger charge is -2.35. The van der Waals surface area contributed by atoms with Crippen molar-refractivity contribution in [3.8, 4) is 0 Å². The van der Waals surface area contributed by atoms with Crippen LogP contribution in [0, 0.1) is 0 Å². The molecule has 3 heterocycles. The number of aliphatic imine (C=N–C) groups is 1. The third-order valence-corrected chi connectivity index (χ3v) is 4.33. The van der Waals surface area contributed by atoms with Crippen molar-refractivity contribution >= 4 is 28.5 Å². The lowest BCUT2D eigenvalue weighted by atomic mass is 9.99. The highest BCUT2D eigenvalue weighted by molar-refractivity contribution is 6.24. The van der Waals surface area contributed by atoms with E-state index in [1.165, 1.54) is 0 Å². The van der Waals surface area contributed by atoms with Crippen molar-refractivity contribution in [1.29, 1.82) is 0 Å². The van der Waals surface area contributed by atoms with E-state index in [0.717, 1.165) is 59.7 Å². The molecule has 2 aliphatic rings. The van der Waals surface area contributed by atoms with Crippen molar-refractivity contribution in [3.05, 3.63) is 35.5 Å². The molecule has 2 aliphatic heterocycles. The zero-order valence-electron chi connectivity index (χ0n) is 12.8. The van der Waals surface area contributed by atoms with E-state index in [9.17, 15) is 4.79 Å². The summed E-state index contributed by atoms with van der Waals surface area (Å²) < 4.78 is 0. The minimum absolute atomic E-state index is 0.0165. The van der Waals surface area contributed by atoms with Gasteiger partial charge in [0.15, 0.2) is 0 Å². The fourth-order valence-electron chi connectivity index (χ4n) is 3.36. The molecule has 0 aliphatic carbocycles. The summed E-state index contributed by atoms with van der Waals surface area (Å²) in [6, 6.07) is 7.90. The largest absolute Gasteiger partial charge is 0.308 e. The average Bonchev–Trinajstić information content (AvgIpc) is 3.01. The summed E-state index contributed by atoms with van der Waals surface area (Å²) in [6.45, 7) is 3.68. The molecule has 0 saturated heterocycles. The molecule has 5 nitrogen and oxygen atoms in total. The zero-order chi connectivity index (χ0) is 15.3. The fourth-order valence-corrected chi connectivity index (χ4v) is 3.36. The van der Waals surface area contributed by atoms with Crippen molar-refractivity contribution in [1.82, 2.24) is 9.88 Å². The standard InChI is InChI=1S/C17H18N4O/c1-3-6-13-15-14(11-7-4-5-8-12(11)19-13)16(22)20(2)17-18-9-10-21(15)17/h4-5,7-8H,3,6,9-10H2,1-2H3. The molecule has 0 bridgehead atoms. The van der Waals surface area contributed by atoms with Crippen LogP contribution in [0.3, 0.4) is 0 Å². The highest BCUT2D eigenvalue weighted by Gasteiger charge is 2.38. The molecular formula is C17H18N4O. The van der Waals surface area contributed by atoms with E-state index in [4.69, 9.17) is 4.98 Å². The van der Waals surface area contributed by atoms with Crippen molar-refractivity contribution in [2.45, 2.75) is 19.8 Å². The van der Waals surface area contributed by atoms with Gasteiger partial charge in [-0.25, -0.2) is 0 Å². The SMILES string of the molecule is CCCc1nc2ccccc2c2c1N1CCN=C1N(C)C2=O. The maximum atomic E-state index is 12.9. The van der Waals surface area contributed by atoms with Crippen LogP contribution in [0.25, 0.3) is 10.9 Å². The van der Waals surface area contributed by atoms with Gasteiger partial charge in [-0.15, -0.1) is 0 Å². The molecule has 0 saturated carbocycles.